The van der Waals surface area contributed by atoms with Crippen LogP contribution >= 0.6 is 0 Å². The lowest BCUT2D eigenvalue weighted by Gasteiger charge is -2.03. The fourth-order valence-electron chi connectivity index (χ4n) is 2.27. The summed E-state index contributed by atoms with van der Waals surface area (Å²) in [5.74, 6) is 0.900. The van der Waals surface area contributed by atoms with Gasteiger partial charge in [0, 0.05) is 16.3 Å². The highest BCUT2D eigenvalue weighted by molar-refractivity contribution is 6.10. The third kappa shape index (κ3) is 1.13. The molecule has 0 aliphatic carbocycles. The van der Waals surface area contributed by atoms with Crippen LogP contribution in [0.5, 0.6) is 5.75 Å². The molecule has 1 heterocycles. The van der Waals surface area contributed by atoms with Gasteiger partial charge in [-0.2, -0.15) is 0 Å². The van der Waals surface area contributed by atoms with Gasteiger partial charge in [-0.25, -0.2) is 0 Å². The highest BCUT2D eigenvalue weighted by Gasteiger charge is 2.09. The Bertz CT molecular complexity index is 667. The van der Waals surface area contributed by atoms with Gasteiger partial charge < -0.3 is 9.72 Å². The lowest BCUT2D eigenvalue weighted by Crippen LogP contribution is -1.85. The summed E-state index contributed by atoms with van der Waals surface area (Å²) in [6, 6.07) is 12.4. The minimum Gasteiger partial charge on any atom is -0.495 e. The molecule has 3 aromatic rings. The summed E-state index contributed by atoms with van der Waals surface area (Å²) in [5.41, 5.74) is 3.52. The number of aromatic amines is 1. The molecule has 0 atom stereocenters. The average Bonchev–Trinajstić information content (AvgIpc) is 2.69. The molecule has 1 aromatic heterocycles. The summed E-state index contributed by atoms with van der Waals surface area (Å²) in [4.78, 5) is 3.41. The molecule has 2 aromatic carbocycles. The van der Waals surface area contributed by atoms with Crippen molar-refractivity contribution in [1.29, 1.82) is 0 Å². The monoisotopic (exact) mass is 211 g/mol. The van der Waals surface area contributed by atoms with Crippen LogP contribution in [0.25, 0.3) is 21.8 Å². The Balaban J connectivity index is 2.58. The number of hydrogen-bond donors (Lipinski definition) is 1. The number of rotatable bonds is 1. The van der Waals surface area contributed by atoms with Crippen LogP contribution in [0.3, 0.4) is 0 Å². The number of para-hydroxylation sites is 1. The number of aryl methyl sites for hydroxylation is 1. The van der Waals surface area contributed by atoms with Crippen molar-refractivity contribution in [3.05, 3.63) is 42.0 Å². The maximum Gasteiger partial charge on any atom is 0.142 e. The van der Waals surface area contributed by atoms with E-state index in [-0.39, 0.29) is 0 Å². The molecule has 0 bridgehead atoms. The largest absolute Gasteiger partial charge is 0.495 e. The van der Waals surface area contributed by atoms with Crippen LogP contribution in [-0.4, -0.2) is 12.1 Å². The minimum atomic E-state index is 0.900. The van der Waals surface area contributed by atoms with Gasteiger partial charge >= 0.3 is 0 Å². The number of benzene rings is 2. The van der Waals surface area contributed by atoms with Crippen molar-refractivity contribution in [2.24, 2.45) is 0 Å². The van der Waals surface area contributed by atoms with Crippen molar-refractivity contribution in [1.82, 2.24) is 4.98 Å². The van der Waals surface area contributed by atoms with E-state index in [2.05, 4.69) is 36.2 Å². The predicted octanol–water partition coefficient (Wildman–Crippen LogP) is 3.64. The number of ether oxygens (including phenoxy) is 1. The topological polar surface area (TPSA) is 25.0 Å². The van der Waals surface area contributed by atoms with Crippen molar-refractivity contribution in [3.63, 3.8) is 0 Å². The van der Waals surface area contributed by atoms with E-state index in [0.717, 1.165) is 16.8 Å². The summed E-state index contributed by atoms with van der Waals surface area (Å²) in [6.07, 6.45) is 0. The molecule has 0 unspecified atom stereocenters. The Morgan fingerprint density at radius 1 is 1.06 bits per heavy atom. The van der Waals surface area contributed by atoms with Gasteiger partial charge in [0.15, 0.2) is 0 Å². The second-order valence-corrected chi connectivity index (χ2v) is 4.01. The van der Waals surface area contributed by atoms with Crippen molar-refractivity contribution in [2.45, 2.75) is 6.92 Å². The minimum absolute atomic E-state index is 0.900. The molecule has 0 radical (unpaired) electrons. The second kappa shape index (κ2) is 3.27. The van der Waals surface area contributed by atoms with Gasteiger partial charge in [0.05, 0.1) is 12.6 Å². The standard InChI is InChI=1S/C14H13NO/c1-9-7-8-12(16-2)14-13(9)10-5-3-4-6-11(10)15-14/h3-8,15H,1-2H3. The molecular formula is C14H13NO. The van der Waals surface area contributed by atoms with Gasteiger partial charge in [0.2, 0.25) is 0 Å². The molecule has 0 amide bonds. The van der Waals surface area contributed by atoms with Gasteiger partial charge in [0.1, 0.15) is 5.75 Å². The quantitative estimate of drug-likeness (QED) is 0.653. The number of nitrogens with one attached hydrogen (secondary N) is 1. The zero-order chi connectivity index (χ0) is 11.1. The number of H-pyrrole nitrogens is 1. The molecule has 80 valence electrons. The normalized spacial score (nSPS) is 11.1. The molecule has 0 saturated heterocycles. The lowest BCUT2D eigenvalue weighted by molar-refractivity contribution is 0.419. The fraction of sp³-hybridized carbons (Fsp3) is 0.143. The van der Waals surface area contributed by atoms with Gasteiger partial charge in [-0.1, -0.05) is 24.3 Å². The zero-order valence-corrected chi connectivity index (χ0v) is 9.37. The van der Waals surface area contributed by atoms with Crippen LogP contribution in [0.1, 0.15) is 5.56 Å². The first-order chi connectivity index (χ1) is 7.81. The first-order valence-corrected chi connectivity index (χ1v) is 5.35. The second-order valence-electron chi connectivity index (χ2n) is 4.01. The molecular weight excluding hydrogens is 198 g/mol. The molecule has 0 saturated carbocycles. The highest BCUT2D eigenvalue weighted by atomic mass is 16.5. The van der Waals surface area contributed by atoms with E-state index in [4.69, 9.17) is 4.74 Å². The SMILES string of the molecule is COc1ccc(C)c2c1[nH]c1ccccc12. The number of hydrogen-bond acceptors (Lipinski definition) is 1. The first kappa shape index (κ1) is 9.28. The summed E-state index contributed by atoms with van der Waals surface area (Å²) in [5, 5.41) is 2.52. The molecule has 0 fully saturated rings. The highest BCUT2D eigenvalue weighted by Crippen LogP contribution is 2.33. The Labute approximate surface area is 93.8 Å². The number of fused-ring (bicyclic) bond motifs is 3. The van der Waals surface area contributed by atoms with E-state index >= 15 is 0 Å². The van der Waals surface area contributed by atoms with E-state index in [9.17, 15) is 0 Å². The maximum atomic E-state index is 5.38. The van der Waals surface area contributed by atoms with E-state index in [1.807, 2.05) is 12.1 Å². The molecule has 0 aliphatic heterocycles. The molecule has 1 N–H and O–H groups in total. The van der Waals surface area contributed by atoms with Gasteiger partial charge in [-0.05, 0) is 24.6 Å². The third-order valence-electron chi connectivity index (χ3n) is 3.05. The van der Waals surface area contributed by atoms with Crippen LogP contribution in [-0.2, 0) is 0 Å². The van der Waals surface area contributed by atoms with Crippen molar-refractivity contribution in [2.75, 3.05) is 7.11 Å². The number of methoxy groups -OCH3 is 1. The van der Waals surface area contributed by atoms with Crippen molar-refractivity contribution < 1.29 is 4.74 Å². The van der Waals surface area contributed by atoms with Crippen LogP contribution in [0.2, 0.25) is 0 Å². The third-order valence-corrected chi connectivity index (χ3v) is 3.05. The van der Waals surface area contributed by atoms with E-state index in [0.29, 0.717) is 0 Å². The zero-order valence-electron chi connectivity index (χ0n) is 9.37. The molecule has 2 heteroatoms. The molecule has 2 nitrogen and oxygen atoms in total. The Morgan fingerprint density at radius 2 is 1.88 bits per heavy atom. The lowest BCUT2D eigenvalue weighted by atomic mass is 10.1. The maximum absolute atomic E-state index is 5.38. The van der Waals surface area contributed by atoms with Crippen molar-refractivity contribution >= 4 is 21.8 Å². The van der Waals surface area contributed by atoms with E-state index in [1.165, 1.54) is 16.3 Å². The summed E-state index contributed by atoms with van der Waals surface area (Å²) >= 11 is 0. The fourth-order valence-corrected chi connectivity index (χ4v) is 2.27. The Kier molecular flexibility index (Phi) is 1.90. The molecule has 0 spiro atoms. The van der Waals surface area contributed by atoms with Crippen LogP contribution in [0.15, 0.2) is 36.4 Å². The van der Waals surface area contributed by atoms with Gasteiger partial charge in [-0.3, -0.25) is 0 Å². The Hall–Kier alpha value is -1.96. The predicted molar refractivity (Wildman–Crippen MR) is 67.1 cm³/mol. The van der Waals surface area contributed by atoms with Crippen LogP contribution in [0.4, 0.5) is 0 Å². The molecule has 3 rings (SSSR count). The first-order valence-electron chi connectivity index (χ1n) is 5.35. The van der Waals surface area contributed by atoms with Gasteiger partial charge in [-0.15, -0.1) is 0 Å². The summed E-state index contributed by atoms with van der Waals surface area (Å²) in [7, 11) is 1.70. The summed E-state index contributed by atoms with van der Waals surface area (Å²) in [6.45, 7) is 2.13. The van der Waals surface area contributed by atoms with Gasteiger partial charge in [0.25, 0.3) is 0 Å². The van der Waals surface area contributed by atoms with E-state index in [1.54, 1.807) is 7.11 Å². The summed E-state index contributed by atoms with van der Waals surface area (Å²) < 4.78 is 5.38. The van der Waals surface area contributed by atoms with Crippen LogP contribution in [0, 0.1) is 6.92 Å². The van der Waals surface area contributed by atoms with Crippen LogP contribution < -0.4 is 4.74 Å². The number of aromatic nitrogens is 1. The molecule has 0 aliphatic rings. The average molecular weight is 211 g/mol. The smallest absolute Gasteiger partial charge is 0.142 e. The van der Waals surface area contributed by atoms with Crippen molar-refractivity contribution in [3.8, 4) is 5.75 Å². The Morgan fingerprint density at radius 3 is 2.69 bits per heavy atom. The van der Waals surface area contributed by atoms with E-state index < -0.39 is 0 Å². The molecule has 16 heavy (non-hydrogen) atoms.